The Balaban J connectivity index is 1.00. The third-order valence-electron chi connectivity index (χ3n) is 9.25. The van der Waals surface area contributed by atoms with Gasteiger partial charge < -0.3 is 9.88 Å². The number of nitriles is 1. The maximum Gasteiger partial charge on any atom is 0.451 e. The highest BCUT2D eigenvalue weighted by Gasteiger charge is 2.48. The van der Waals surface area contributed by atoms with E-state index in [1.54, 1.807) is 12.4 Å². The Hall–Kier alpha value is -4.56. The molecule has 7 rings (SSSR count). The van der Waals surface area contributed by atoms with Gasteiger partial charge in [-0.1, -0.05) is 0 Å². The molecule has 3 aliphatic heterocycles. The summed E-state index contributed by atoms with van der Waals surface area (Å²) in [4.78, 5) is 37.2. The minimum atomic E-state index is -4.90. The number of piperidine rings is 1. The van der Waals surface area contributed by atoms with Crippen molar-refractivity contribution in [2.24, 2.45) is 0 Å². The highest BCUT2D eigenvalue weighted by molar-refractivity contribution is 5.92. The number of rotatable bonds is 7. The molecule has 0 unspecified atom stereocenters. The number of carbonyl (C=O) groups excluding carboxylic acids is 1. The average Bonchev–Trinajstić information content (AvgIpc) is 3.78. The van der Waals surface area contributed by atoms with E-state index in [0.717, 1.165) is 16.6 Å². The van der Waals surface area contributed by atoms with Crippen LogP contribution < -0.4 is 0 Å². The standard InChI is InChI=1S/C30H30F5N11O/c31-29(32)5-10-43(17-29)14-20-11-23(42-27(41-20)30(33,34)35)26(47)44-8-2-21(3-9-44)45-15-28(16-45,4-6-36)46-13-19(12-40-46)24-22-1-7-37-25(22)39-18-38-24/h1,7,11-13,18,21H,2-5,8-10,14-17H2,(H,37,38,39). The number of fused-ring (bicyclic) bond motifs is 1. The van der Waals surface area contributed by atoms with Crippen LogP contribution in [-0.4, -0.2) is 107 Å². The SMILES string of the molecule is N#CCC1(n2cc(-c3ncnc4[nH]ccc34)cn2)CN(C2CCN(C(=O)c3cc(CN4CCC(F)(F)C4)nc(C(F)(F)F)n3)CC2)C1. The summed E-state index contributed by atoms with van der Waals surface area (Å²) in [5, 5.41) is 15.1. The van der Waals surface area contributed by atoms with Crippen LogP contribution in [0.2, 0.25) is 0 Å². The van der Waals surface area contributed by atoms with Crippen molar-refractivity contribution >= 4 is 16.9 Å². The molecule has 0 aromatic carbocycles. The summed E-state index contributed by atoms with van der Waals surface area (Å²) in [5.41, 5.74) is 1.19. The largest absolute Gasteiger partial charge is 0.451 e. The van der Waals surface area contributed by atoms with Crippen LogP contribution in [-0.2, 0) is 18.3 Å². The number of aromatic nitrogens is 7. The van der Waals surface area contributed by atoms with Crippen LogP contribution in [0.1, 0.15) is 47.7 Å². The van der Waals surface area contributed by atoms with Gasteiger partial charge in [-0.2, -0.15) is 23.5 Å². The van der Waals surface area contributed by atoms with E-state index in [9.17, 15) is 32.0 Å². The molecule has 3 fully saturated rings. The molecule has 0 radical (unpaired) electrons. The van der Waals surface area contributed by atoms with E-state index >= 15 is 0 Å². The normalized spacial score (nSPS) is 20.4. The summed E-state index contributed by atoms with van der Waals surface area (Å²) >= 11 is 0. The molecule has 0 aliphatic carbocycles. The Kier molecular flexibility index (Phi) is 7.66. The lowest BCUT2D eigenvalue weighted by atomic mass is 9.83. The number of nitrogens with zero attached hydrogens (tertiary/aromatic N) is 10. The lowest BCUT2D eigenvalue weighted by molar-refractivity contribution is -0.145. The average molecular weight is 656 g/mol. The van der Waals surface area contributed by atoms with Crippen molar-refractivity contribution in [1.29, 1.82) is 5.26 Å². The molecule has 3 saturated heterocycles. The number of aromatic amines is 1. The topological polar surface area (TPSA) is 136 Å². The number of hydrogen-bond acceptors (Lipinski definition) is 9. The maximum atomic E-state index is 13.7. The van der Waals surface area contributed by atoms with Gasteiger partial charge >= 0.3 is 6.18 Å². The number of H-pyrrole nitrogens is 1. The van der Waals surface area contributed by atoms with Gasteiger partial charge in [0.25, 0.3) is 11.8 Å². The summed E-state index contributed by atoms with van der Waals surface area (Å²) in [6.45, 7) is 0.944. The minimum Gasteiger partial charge on any atom is -0.346 e. The van der Waals surface area contributed by atoms with E-state index < -0.39 is 41.6 Å². The second kappa shape index (κ2) is 11.6. The van der Waals surface area contributed by atoms with Gasteiger partial charge in [-0.25, -0.2) is 28.7 Å². The van der Waals surface area contributed by atoms with Gasteiger partial charge in [-0.3, -0.25) is 19.3 Å². The molecule has 1 N–H and O–H groups in total. The summed E-state index contributed by atoms with van der Waals surface area (Å²) in [7, 11) is 0. The van der Waals surface area contributed by atoms with E-state index in [2.05, 4.69) is 41.0 Å². The summed E-state index contributed by atoms with van der Waals surface area (Å²) < 4.78 is 70.0. The number of carbonyl (C=O) groups is 1. The first-order chi connectivity index (χ1) is 22.4. The van der Waals surface area contributed by atoms with Crippen molar-refractivity contribution in [3.8, 4) is 17.3 Å². The number of nitrogens with one attached hydrogen (secondary N) is 1. The lowest BCUT2D eigenvalue weighted by Gasteiger charge is -2.53. The van der Waals surface area contributed by atoms with Crippen molar-refractivity contribution in [3.05, 3.63) is 54.3 Å². The minimum absolute atomic E-state index is 0.0158. The first-order valence-corrected chi connectivity index (χ1v) is 15.2. The number of amides is 1. The predicted molar refractivity (Wildman–Crippen MR) is 156 cm³/mol. The first kappa shape index (κ1) is 31.1. The van der Waals surface area contributed by atoms with Crippen LogP contribution in [0, 0.1) is 11.3 Å². The van der Waals surface area contributed by atoms with Crippen molar-refractivity contribution in [2.75, 3.05) is 39.3 Å². The van der Waals surface area contributed by atoms with Crippen LogP contribution in [0.5, 0.6) is 0 Å². The molecular weight excluding hydrogens is 625 g/mol. The van der Waals surface area contributed by atoms with Crippen molar-refractivity contribution in [3.63, 3.8) is 0 Å². The smallest absolute Gasteiger partial charge is 0.346 e. The molecule has 246 valence electrons. The first-order valence-electron chi connectivity index (χ1n) is 15.2. The number of hydrogen-bond donors (Lipinski definition) is 1. The number of alkyl halides is 5. The fraction of sp³-hybridized carbons (Fsp3) is 0.500. The van der Waals surface area contributed by atoms with Gasteiger partial charge in [-0.05, 0) is 25.0 Å². The van der Waals surface area contributed by atoms with Gasteiger partial charge in [0, 0.05) is 75.1 Å². The fourth-order valence-electron chi connectivity index (χ4n) is 6.84. The Morgan fingerprint density at radius 2 is 1.89 bits per heavy atom. The van der Waals surface area contributed by atoms with Crippen LogP contribution in [0.3, 0.4) is 0 Å². The quantitative estimate of drug-likeness (QED) is 0.296. The molecule has 7 heterocycles. The lowest BCUT2D eigenvalue weighted by Crippen LogP contribution is -2.66. The van der Waals surface area contributed by atoms with Gasteiger partial charge in [-0.15, -0.1) is 0 Å². The van der Waals surface area contributed by atoms with Gasteiger partial charge in [0.2, 0.25) is 5.82 Å². The zero-order valence-electron chi connectivity index (χ0n) is 25.1. The molecule has 1 amide bonds. The summed E-state index contributed by atoms with van der Waals surface area (Å²) in [6, 6.07) is 5.46. The fourth-order valence-corrected chi connectivity index (χ4v) is 6.84. The summed E-state index contributed by atoms with van der Waals surface area (Å²) in [6.07, 6.45) is 3.01. The summed E-state index contributed by atoms with van der Waals surface area (Å²) in [5.74, 6) is -5.04. The van der Waals surface area contributed by atoms with E-state index in [4.69, 9.17) is 0 Å². The monoisotopic (exact) mass is 655 g/mol. The van der Waals surface area contributed by atoms with E-state index in [0.29, 0.717) is 44.7 Å². The highest BCUT2D eigenvalue weighted by atomic mass is 19.4. The highest BCUT2D eigenvalue weighted by Crippen LogP contribution is 2.37. The Labute approximate surface area is 265 Å². The van der Waals surface area contributed by atoms with Crippen LogP contribution in [0.25, 0.3) is 22.3 Å². The second-order valence-electron chi connectivity index (χ2n) is 12.5. The third kappa shape index (κ3) is 6.02. The molecule has 0 spiro atoms. The van der Waals surface area contributed by atoms with Crippen LogP contribution in [0.4, 0.5) is 22.0 Å². The van der Waals surface area contributed by atoms with Crippen LogP contribution in [0.15, 0.2) is 37.1 Å². The van der Waals surface area contributed by atoms with E-state index in [1.165, 1.54) is 22.2 Å². The Morgan fingerprint density at radius 1 is 1.11 bits per heavy atom. The van der Waals surface area contributed by atoms with Crippen LogP contribution >= 0.6 is 0 Å². The molecule has 0 saturated carbocycles. The zero-order chi connectivity index (χ0) is 33.0. The molecule has 3 aliphatic rings. The van der Waals surface area contributed by atoms with Crippen molar-refractivity contribution < 1.29 is 26.7 Å². The molecule has 12 nitrogen and oxygen atoms in total. The van der Waals surface area contributed by atoms with E-state index in [1.807, 2.05) is 16.9 Å². The molecule has 4 aromatic rings. The molecule has 4 aromatic heterocycles. The van der Waals surface area contributed by atoms with Gasteiger partial charge in [0.05, 0.1) is 36.6 Å². The van der Waals surface area contributed by atoms with Crippen molar-refractivity contribution in [2.45, 2.75) is 55.9 Å². The predicted octanol–water partition coefficient (Wildman–Crippen LogP) is 3.70. The molecular formula is C30H30F5N11O. The maximum absolute atomic E-state index is 13.7. The number of halogens is 5. The molecule has 0 atom stereocenters. The van der Waals surface area contributed by atoms with E-state index in [-0.39, 0.29) is 37.7 Å². The van der Waals surface area contributed by atoms with Gasteiger partial charge in [0.1, 0.15) is 23.2 Å². The Morgan fingerprint density at radius 3 is 2.60 bits per heavy atom. The van der Waals surface area contributed by atoms with Crippen molar-refractivity contribution in [1.82, 2.24) is 49.4 Å². The zero-order valence-corrected chi connectivity index (χ0v) is 25.1. The Bertz CT molecular complexity index is 1830. The number of likely N-dealkylation sites (tertiary alicyclic amines) is 3. The molecule has 17 heteroatoms. The van der Waals surface area contributed by atoms with Gasteiger partial charge in [0.15, 0.2) is 0 Å². The third-order valence-corrected chi connectivity index (χ3v) is 9.25. The molecule has 47 heavy (non-hydrogen) atoms. The molecule has 0 bridgehead atoms. The second-order valence-corrected chi connectivity index (χ2v) is 12.5.